The highest BCUT2D eigenvalue weighted by Gasteiger charge is 2.25. The molecule has 0 heterocycles. The van der Waals surface area contributed by atoms with Gasteiger partial charge in [0.05, 0.1) is 19.8 Å². The summed E-state index contributed by atoms with van der Waals surface area (Å²) in [5, 5.41) is 0. The Balaban J connectivity index is 4.13. The van der Waals surface area contributed by atoms with Gasteiger partial charge in [0.2, 0.25) is 0 Å². The lowest BCUT2D eigenvalue weighted by Crippen LogP contribution is -2.28. The summed E-state index contributed by atoms with van der Waals surface area (Å²) in [5.74, 6) is -0.345. The molecule has 0 amide bonds. The van der Waals surface area contributed by atoms with Crippen LogP contribution in [0.5, 0.6) is 0 Å². The van der Waals surface area contributed by atoms with Gasteiger partial charge in [-0.1, -0.05) is 127 Å². The monoisotopic (exact) mass is 686 g/mol. The molecule has 2 atom stereocenters. The average Bonchev–Trinajstić information content (AvgIpc) is 3.06. The Labute approximate surface area is 288 Å². The summed E-state index contributed by atoms with van der Waals surface area (Å²) < 4.78 is 33.3. The highest BCUT2D eigenvalue weighted by atomic mass is 31.2. The minimum absolute atomic E-state index is 0.0966. The minimum atomic E-state index is -4.27. The molecule has 3 N–H and O–H groups in total. The molecule has 2 unspecified atom stereocenters. The Kier molecular flexibility index (Phi) is 35.0. The Bertz CT molecular complexity index is 818. The second-order valence-corrected chi connectivity index (χ2v) is 13.9. The van der Waals surface area contributed by atoms with Crippen LogP contribution in [-0.4, -0.2) is 49.9 Å². The second-order valence-electron chi connectivity index (χ2n) is 12.4. The Morgan fingerprint density at radius 2 is 1.17 bits per heavy atom. The van der Waals surface area contributed by atoms with Crippen LogP contribution in [0.1, 0.15) is 162 Å². The molecule has 0 aliphatic heterocycles. The molecule has 0 bridgehead atoms. The van der Waals surface area contributed by atoms with E-state index in [1.165, 1.54) is 70.6 Å². The van der Waals surface area contributed by atoms with Gasteiger partial charge >= 0.3 is 13.8 Å². The van der Waals surface area contributed by atoms with Gasteiger partial charge in [0.1, 0.15) is 6.10 Å². The highest BCUT2D eigenvalue weighted by molar-refractivity contribution is 7.47. The summed E-state index contributed by atoms with van der Waals surface area (Å²) in [7, 11) is -4.27. The molecular weight excluding hydrogens is 613 g/mol. The topological polar surface area (TPSA) is 117 Å². The third-order valence-corrected chi connectivity index (χ3v) is 8.74. The van der Waals surface area contributed by atoms with Gasteiger partial charge in [-0.3, -0.25) is 13.8 Å². The van der Waals surface area contributed by atoms with Crippen LogP contribution >= 0.6 is 7.82 Å². The number of ether oxygens (including phenoxy) is 2. The summed E-state index contributed by atoms with van der Waals surface area (Å²) in [4.78, 5) is 22.4. The van der Waals surface area contributed by atoms with Crippen LogP contribution in [0, 0.1) is 0 Å². The zero-order valence-electron chi connectivity index (χ0n) is 30.3. The number of esters is 1. The predicted molar refractivity (Wildman–Crippen MR) is 196 cm³/mol. The van der Waals surface area contributed by atoms with Crippen molar-refractivity contribution in [3.05, 3.63) is 36.5 Å². The van der Waals surface area contributed by atoms with E-state index in [9.17, 15) is 14.3 Å². The van der Waals surface area contributed by atoms with Crippen molar-refractivity contribution >= 4 is 13.8 Å². The van der Waals surface area contributed by atoms with Crippen LogP contribution in [0.15, 0.2) is 36.5 Å². The summed E-state index contributed by atoms with van der Waals surface area (Å²) in [6.07, 6.45) is 38.6. The lowest BCUT2D eigenvalue weighted by molar-refractivity contribution is -0.154. The minimum Gasteiger partial charge on any atom is -0.457 e. The zero-order chi connectivity index (χ0) is 34.5. The lowest BCUT2D eigenvalue weighted by atomic mass is 10.1. The first kappa shape index (κ1) is 45.7. The number of nitrogens with two attached hydrogens (primary N) is 1. The number of allylic oxidation sites excluding steroid dienone is 6. The van der Waals surface area contributed by atoms with E-state index in [0.29, 0.717) is 13.0 Å². The van der Waals surface area contributed by atoms with Gasteiger partial charge in [-0.05, 0) is 64.2 Å². The standard InChI is InChI=1S/C38H72NO7P/c1-3-5-7-9-11-13-15-17-19-21-23-25-27-29-31-38(40)46-37(36-45-47(41,42)44-34-32-39)35-43-33-30-28-26-24-22-20-18-16-14-12-10-8-6-4-2/h8,10,14-17,37H,3-7,9,11-13,18-36,39H2,1-2H3,(H,41,42)/b10-8-,16-14-,17-15-. The molecule has 0 rings (SSSR count). The first-order valence-electron chi connectivity index (χ1n) is 19.0. The van der Waals surface area contributed by atoms with E-state index in [2.05, 4.69) is 50.3 Å². The Hall–Kier alpha value is -1.28. The van der Waals surface area contributed by atoms with Crippen molar-refractivity contribution in [1.82, 2.24) is 0 Å². The fraction of sp³-hybridized carbons (Fsp3) is 0.816. The maximum Gasteiger partial charge on any atom is 0.472 e. The number of carbonyl (C=O) groups is 1. The molecule has 276 valence electrons. The molecule has 0 aromatic heterocycles. The van der Waals surface area contributed by atoms with E-state index in [-0.39, 0.29) is 32.3 Å². The molecule has 47 heavy (non-hydrogen) atoms. The van der Waals surface area contributed by atoms with Crippen molar-refractivity contribution in [3.63, 3.8) is 0 Å². The van der Waals surface area contributed by atoms with Gasteiger partial charge in [-0.15, -0.1) is 0 Å². The SMILES string of the molecule is CCC/C=C\C/C=C\CCCCCCCCOCC(COP(=O)(O)OCCN)OC(=O)CCCCCCC/C=C\CCCCCCC. The fourth-order valence-electron chi connectivity index (χ4n) is 4.97. The highest BCUT2D eigenvalue weighted by Crippen LogP contribution is 2.43. The molecule has 0 aromatic rings. The van der Waals surface area contributed by atoms with Gasteiger partial charge in [-0.25, -0.2) is 4.57 Å². The van der Waals surface area contributed by atoms with E-state index in [0.717, 1.165) is 70.6 Å². The summed E-state index contributed by atoms with van der Waals surface area (Å²) >= 11 is 0. The zero-order valence-corrected chi connectivity index (χ0v) is 31.2. The van der Waals surface area contributed by atoms with Crippen molar-refractivity contribution in [2.75, 3.05) is 33.0 Å². The molecule has 9 heteroatoms. The predicted octanol–water partition coefficient (Wildman–Crippen LogP) is 10.7. The molecule has 0 saturated carbocycles. The number of hydrogen-bond acceptors (Lipinski definition) is 7. The van der Waals surface area contributed by atoms with Gasteiger partial charge in [0, 0.05) is 19.6 Å². The Morgan fingerprint density at radius 3 is 1.77 bits per heavy atom. The maximum atomic E-state index is 12.5. The molecule has 0 aliphatic rings. The third kappa shape index (κ3) is 35.8. The van der Waals surface area contributed by atoms with Crippen molar-refractivity contribution in [2.45, 2.75) is 168 Å². The maximum absolute atomic E-state index is 12.5. The van der Waals surface area contributed by atoms with Crippen LogP contribution in [0.4, 0.5) is 0 Å². The largest absolute Gasteiger partial charge is 0.472 e. The van der Waals surface area contributed by atoms with Crippen LogP contribution in [0.25, 0.3) is 0 Å². The van der Waals surface area contributed by atoms with Crippen molar-refractivity contribution in [2.24, 2.45) is 5.73 Å². The molecule has 0 aromatic carbocycles. The lowest BCUT2D eigenvalue weighted by Gasteiger charge is -2.20. The number of unbranched alkanes of at least 4 members (excludes halogenated alkanes) is 17. The molecule has 8 nitrogen and oxygen atoms in total. The van der Waals surface area contributed by atoms with Gasteiger partial charge in [0.15, 0.2) is 0 Å². The van der Waals surface area contributed by atoms with E-state index >= 15 is 0 Å². The van der Waals surface area contributed by atoms with Gasteiger partial charge in [-0.2, -0.15) is 0 Å². The quantitative estimate of drug-likeness (QED) is 0.0290. The number of phosphoric acid groups is 1. The first-order chi connectivity index (χ1) is 22.9. The van der Waals surface area contributed by atoms with Crippen molar-refractivity contribution in [3.8, 4) is 0 Å². The van der Waals surface area contributed by atoms with Crippen LogP contribution in [0.3, 0.4) is 0 Å². The third-order valence-electron chi connectivity index (χ3n) is 7.76. The van der Waals surface area contributed by atoms with Crippen LogP contribution < -0.4 is 5.73 Å². The Morgan fingerprint density at radius 1 is 0.638 bits per heavy atom. The smallest absolute Gasteiger partial charge is 0.457 e. The summed E-state index contributed by atoms with van der Waals surface area (Å²) in [6.45, 7) is 4.80. The molecule has 0 radical (unpaired) electrons. The van der Waals surface area contributed by atoms with E-state index < -0.39 is 13.9 Å². The van der Waals surface area contributed by atoms with Crippen LogP contribution in [-0.2, 0) is 27.9 Å². The van der Waals surface area contributed by atoms with Crippen molar-refractivity contribution < 1.29 is 32.8 Å². The van der Waals surface area contributed by atoms with E-state index in [1.54, 1.807) is 0 Å². The van der Waals surface area contributed by atoms with Crippen LogP contribution in [0.2, 0.25) is 0 Å². The average molecular weight is 686 g/mol. The molecule has 0 saturated heterocycles. The second kappa shape index (κ2) is 36.0. The van der Waals surface area contributed by atoms with Gasteiger partial charge in [0.25, 0.3) is 0 Å². The number of hydrogen-bond donors (Lipinski definition) is 2. The number of rotatable bonds is 36. The van der Waals surface area contributed by atoms with Crippen molar-refractivity contribution in [1.29, 1.82) is 0 Å². The number of phosphoric ester groups is 1. The normalized spacial score (nSPS) is 14.0. The molecule has 0 spiro atoms. The molecule has 0 fully saturated rings. The fourth-order valence-corrected chi connectivity index (χ4v) is 5.73. The summed E-state index contributed by atoms with van der Waals surface area (Å²) in [5.41, 5.74) is 5.35. The van der Waals surface area contributed by atoms with E-state index in [4.69, 9.17) is 24.3 Å². The van der Waals surface area contributed by atoms with Gasteiger partial charge < -0.3 is 20.1 Å². The number of carbonyl (C=O) groups excluding carboxylic acids is 1. The molecular formula is C38H72NO7P. The summed E-state index contributed by atoms with van der Waals surface area (Å²) in [6, 6.07) is 0. The first-order valence-corrected chi connectivity index (χ1v) is 20.5. The van der Waals surface area contributed by atoms with E-state index in [1.807, 2.05) is 0 Å². The molecule has 0 aliphatic carbocycles.